The summed E-state index contributed by atoms with van der Waals surface area (Å²) in [5.74, 6) is 0.103. The van der Waals surface area contributed by atoms with Crippen LogP contribution in [0.4, 0.5) is 4.39 Å². The molecular formula is C22H25FN2O4. The van der Waals surface area contributed by atoms with Crippen molar-refractivity contribution >= 4 is 11.9 Å². The zero-order valence-electron chi connectivity index (χ0n) is 16.5. The van der Waals surface area contributed by atoms with Crippen LogP contribution in [0.1, 0.15) is 60.3 Å². The lowest BCUT2D eigenvalue weighted by atomic mass is 9.75. The Kier molecular flexibility index (Phi) is 5.39. The number of benzene rings is 1. The Morgan fingerprint density at radius 3 is 2.86 bits per heavy atom. The number of halogens is 1. The molecule has 2 heterocycles. The van der Waals surface area contributed by atoms with Gasteiger partial charge in [0.05, 0.1) is 12.0 Å². The van der Waals surface area contributed by atoms with E-state index in [1.54, 1.807) is 36.1 Å². The van der Waals surface area contributed by atoms with Gasteiger partial charge >= 0.3 is 5.97 Å². The zero-order valence-corrected chi connectivity index (χ0v) is 16.5. The molecule has 1 aliphatic carbocycles. The van der Waals surface area contributed by atoms with Gasteiger partial charge in [0.1, 0.15) is 11.6 Å². The summed E-state index contributed by atoms with van der Waals surface area (Å²) in [6, 6.07) is 8.13. The first-order valence-corrected chi connectivity index (χ1v) is 10.2. The molecule has 29 heavy (non-hydrogen) atoms. The van der Waals surface area contributed by atoms with Crippen LogP contribution in [0.3, 0.4) is 0 Å². The van der Waals surface area contributed by atoms with Crippen molar-refractivity contribution in [3.05, 3.63) is 53.2 Å². The fraction of sp³-hybridized carbons (Fsp3) is 0.500. The van der Waals surface area contributed by atoms with Gasteiger partial charge in [-0.05, 0) is 50.7 Å². The van der Waals surface area contributed by atoms with Crippen molar-refractivity contribution in [1.82, 2.24) is 10.1 Å². The number of aromatic nitrogens is 1. The molecule has 7 heteroatoms. The third kappa shape index (κ3) is 4.04. The molecule has 0 bridgehead atoms. The van der Waals surface area contributed by atoms with E-state index in [1.165, 1.54) is 6.07 Å². The first-order chi connectivity index (χ1) is 14.0. The average molecular weight is 400 g/mol. The molecule has 0 N–H and O–H groups in total. The van der Waals surface area contributed by atoms with E-state index >= 15 is 0 Å². The van der Waals surface area contributed by atoms with Crippen molar-refractivity contribution in [1.29, 1.82) is 0 Å². The molecule has 0 unspecified atom stereocenters. The lowest BCUT2D eigenvalue weighted by Gasteiger charge is -2.40. The van der Waals surface area contributed by atoms with E-state index in [4.69, 9.17) is 9.26 Å². The number of rotatable bonds is 6. The van der Waals surface area contributed by atoms with Crippen LogP contribution in [0.2, 0.25) is 0 Å². The van der Waals surface area contributed by atoms with Crippen molar-refractivity contribution in [2.45, 2.75) is 44.9 Å². The Bertz CT molecular complexity index is 908. The molecule has 1 amide bonds. The van der Waals surface area contributed by atoms with Gasteiger partial charge in [0.15, 0.2) is 5.69 Å². The van der Waals surface area contributed by atoms with Crippen LogP contribution < -0.4 is 0 Å². The van der Waals surface area contributed by atoms with Gasteiger partial charge in [-0.2, -0.15) is 0 Å². The maximum atomic E-state index is 14.3. The summed E-state index contributed by atoms with van der Waals surface area (Å²) in [6.07, 6.45) is 3.47. The Hall–Kier alpha value is -2.70. The van der Waals surface area contributed by atoms with E-state index in [1.807, 2.05) is 0 Å². The summed E-state index contributed by atoms with van der Waals surface area (Å²) in [5, 5.41) is 3.94. The molecule has 1 aromatic carbocycles. The predicted octanol–water partition coefficient (Wildman–Crippen LogP) is 3.72. The standard InChI is InChI=1S/C22H25FN2O4/c1-2-28-21(27)22(13-16-6-3-4-7-17(16)23)10-5-11-25(14-22)20(26)18-12-19(29-24-18)15-8-9-15/h3-4,6-7,12,15H,2,5,8-11,13-14H2,1H3/t22-/m0/s1. The number of carbonyl (C=O) groups is 2. The zero-order chi connectivity index (χ0) is 20.4. The second-order valence-corrected chi connectivity index (χ2v) is 7.99. The van der Waals surface area contributed by atoms with E-state index in [0.29, 0.717) is 30.9 Å². The Morgan fingerprint density at radius 2 is 2.14 bits per heavy atom. The molecular weight excluding hydrogens is 375 g/mol. The normalized spacial score (nSPS) is 21.8. The highest BCUT2D eigenvalue weighted by molar-refractivity contribution is 5.93. The van der Waals surface area contributed by atoms with Gasteiger partial charge in [0.25, 0.3) is 5.91 Å². The van der Waals surface area contributed by atoms with Gasteiger partial charge in [-0.3, -0.25) is 9.59 Å². The SMILES string of the molecule is CCOC(=O)[C@]1(Cc2ccccc2F)CCCN(C(=O)c2cc(C3CC3)on2)C1. The highest BCUT2D eigenvalue weighted by Crippen LogP contribution is 2.41. The molecule has 1 saturated heterocycles. The lowest BCUT2D eigenvalue weighted by Crippen LogP contribution is -2.51. The number of likely N-dealkylation sites (tertiary alicyclic amines) is 1. The second-order valence-electron chi connectivity index (χ2n) is 7.99. The van der Waals surface area contributed by atoms with Crippen LogP contribution in [-0.4, -0.2) is 41.6 Å². The molecule has 1 aromatic heterocycles. The molecule has 0 spiro atoms. The van der Waals surface area contributed by atoms with Crippen molar-refractivity contribution < 1.29 is 23.2 Å². The fourth-order valence-electron chi connectivity index (χ4n) is 4.09. The summed E-state index contributed by atoms with van der Waals surface area (Å²) in [6.45, 7) is 2.67. The second kappa shape index (κ2) is 7.97. The number of amides is 1. The van der Waals surface area contributed by atoms with Gasteiger partial charge in [-0.1, -0.05) is 23.4 Å². The fourth-order valence-corrected chi connectivity index (χ4v) is 4.09. The Balaban J connectivity index is 1.58. The molecule has 2 aliphatic rings. The van der Waals surface area contributed by atoms with Crippen molar-refractivity contribution in [3.63, 3.8) is 0 Å². The third-order valence-electron chi connectivity index (χ3n) is 5.79. The van der Waals surface area contributed by atoms with E-state index < -0.39 is 5.41 Å². The van der Waals surface area contributed by atoms with Crippen LogP contribution in [0.25, 0.3) is 0 Å². The van der Waals surface area contributed by atoms with Gasteiger partial charge in [-0.25, -0.2) is 4.39 Å². The minimum absolute atomic E-state index is 0.171. The minimum Gasteiger partial charge on any atom is -0.466 e. The van der Waals surface area contributed by atoms with Gasteiger partial charge in [0.2, 0.25) is 0 Å². The maximum Gasteiger partial charge on any atom is 0.314 e. The molecule has 1 atom stereocenters. The van der Waals surface area contributed by atoms with Crippen LogP contribution in [0, 0.1) is 11.2 Å². The van der Waals surface area contributed by atoms with Crippen molar-refractivity contribution in [3.8, 4) is 0 Å². The van der Waals surface area contributed by atoms with E-state index in [9.17, 15) is 14.0 Å². The van der Waals surface area contributed by atoms with E-state index in [2.05, 4.69) is 5.16 Å². The summed E-state index contributed by atoms with van der Waals surface area (Å²) < 4.78 is 25.0. The molecule has 0 radical (unpaired) electrons. The number of esters is 1. The van der Waals surface area contributed by atoms with Gasteiger partial charge in [-0.15, -0.1) is 0 Å². The first kappa shape index (κ1) is 19.6. The molecule has 4 rings (SSSR count). The summed E-state index contributed by atoms with van der Waals surface area (Å²) in [4.78, 5) is 27.6. The van der Waals surface area contributed by atoms with Gasteiger partial charge in [0, 0.05) is 25.1 Å². The number of hydrogen-bond acceptors (Lipinski definition) is 5. The maximum absolute atomic E-state index is 14.3. The number of hydrogen-bond donors (Lipinski definition) is 0. The van der Waals surface area contributed by atoms with E-state index in [0.717, 1.165) is 18.6 Å². The molecule has 1 aliphatic heterocycles. The van der Waals surface area contributed by atoms with Crippen LogP contribution in [-0.2, 0) is 16.0 Å². The smallest absolute Gasteiger partial charge is 0.314 e. The van der Waals surface area contributed by atoms with Crippen LogP contribution in [0.5, 0.6) is 0 Å². The monoisotopic (exact) mass is 400 g/mol. The van der Waals surface area contributed by atoms with Gasteiger partial charge < -0.3 is 14.2 Å². The topological polar surface area (TPSA) is 72.6 Å². The van der Waals surface area contributed by atoms with Crippen molar-refractivity contribution in [2.24, 2.45) is 5.41 Å². The number of nitrogens with zero attached hydrogens (tertiary/aromatic N) is 2. The lowest BCUT2D eigenvalue weighted by molar-refractivity contribution is -0.158. The molecule has 6 nitrogen and oxygen atoms in total. The number of piperidine rings is 1. The Morgan fingerprint density at radius 1 is 1.34 bits per heavy atom. The summed E-state index contributed by atoms with van der Waals surface area (Å²) >= 11 is 0. The average Bonchev–Trinajstić information content (AvgIpc) is 3.46. The molecule has 1 saturated carbocycles. The highest BCUT2D eigenvalue weighted by Gasteiger charge is 2.45. The van der Waals surface area contributed by atoms with Crippen molar-refractivity contribution in [2.75, 3.05) is 19.7 Å². The minimum atomic E-state index is -0.977. The molecule has 154 valence electrons. The number of carbonyl (C=O) groups excluding carboxylic acids is 2. The first-order valence-electron chi connectivity index (χ1n) is 10.2. The largest absolute Gasteiger partial charge is 0.466 e. The highest BCUT2D eigenvalue weighted by atomic mass is 19.1. The quantitative estimate of drug-likeness (QED) is 0.691. The van der Waals surface area contributed by atoms with E-state index in [-0.39, 0.29) is 43.0 Å². The summed E-state index contributed by atoms with van der Waals surface area (Å²) in [5.41, 5.74) is -0.264. The summed E-state index contributed by atoms with van der Waals surface area (Å²) in [7, 11) is 0. The van der Waals surface area contributed by atoms with Crippen LogP contribution in [0.15, 0.2) is 34.9 Å². The molecule has 2 fully saturated rings. The predicted molar refractivity (Wildman–Crippen MR) is 103 cm³/mol. The third-order valence-corrected chi connectivity index (χ3v) is 5.79. The molecule has 2 aromatic rings. The van der Waals surface area contributed by atoms with Crippen LogP contribution >= 0.6 is 0 Å². The number of ether oxygens (including phenoxy) is 1. The Labute approximate surface area is 169 Å².